The largest absolute Gasteiger partial charge is 0.437 e. The molecule has 0 radical (unpaired) electrons. The van der Waals surface area contributed by atoms with Gasteiger partial charge in [-0.1, -0.05) is 0 Å². The summed E-state index contributed by atoms with van der Waals surface area (Å²) in [5.74, 6) is 0. The van der Waals surface area contributed by atoms with Gasteiger partial charge in [0.2, 0.25) is 0 Å². The van der Waals surface area contributed by atoms with E-state index >= 15 is 0 Å². The predicted molar refractivity (Wildman–Crippen MR) is 34.5 cm³/mol. The molecular weight excluding hydrogens is 116 g/mol. The molecule has 0 spiro atoms. The Hall–Kier alpha value is -0.730. The van der Waals surface area contributed by atoms with Gasteiger partial charge in [0.25, 0.3) is 0 Å². The topological polar surface area (TPSA) is 60.8 Å². The Morgan fingerprint density at radius 1 is 1.44 bits per heavy atom. The van der Waals surface area contributed by atoms with E-state index in [-0.39, 0.29) is 6.02 Å². The standard InChI is InChI=1S/C6H12N2O/c7-6(8)9-5-3-1-2-4-5/h5H,1-4H2,(H3,7,8)/p+1. The van der Waals surface area contributed by atoms with E-state index in [1.165, 1.54) is 12.8 Å². The van der Waals surface area contributed by atoms with Gasteiger partial charge in [-0.15, -0.1) is 0 Å². The minimum Gasteiger partial charge on any atom is -0.429 e. The lowest BCUT2D eigenvalue weighted by Gasteiger charge is -2.05. The van der Waals surface area contributed by atoms with Crippen LogP contribution in [0.4, 0.5) is 0 Å². The molecule has 0 atom stereocenters. The van der Waals surface area contributed by atoms with E-state index in [9.17, 15) is 0 Å². The second kappa shape index (κ2) is 2.71. The Balaban J connectivity index is 2.19. The molecule has 9 heavy (non-hydrogen) atoms. The lowest BCUT2D eigenvalue weighted by molar-refractivity contribution is -0.147. The highest BCUT2D eigenvalue weighted by molar-refractivity contribution is 5.64. The maximum Gasteiger partial charge on any atom is 0.437 e. The van der Waals surface area contributed by atoms with Gasteiger partial charge in [-0.25, -0.2) is 0 Å². The van der Waals surface area contributed by atoms with Gasteiger partial charge >= 0.3 is 6.02 Å². The fraction of sp³-hybridized carbons (Fsp3) is 0.833. The summed E-state index contributed by atoms with van der Waals surface area (Å²) in [5.41, 5.74) is 5.14. The average molecular weight is 129 g/mol. The number of amidine groups is 1. The van der Waals surface area contributed by atoms with E-state index in [0.717, 1.165) is 12.8 Å². The average Bonchev–Trinajstić information content (AvgIpc) is 2.15. The van der Waals surface area contributed by atoms with Gasteiger partial charge in [0.05, 0.1) is 0 Å². The highest BCUT2D eigenvalue weighted by atomic mass is 16.5. The van der Waals surface area contributed by atoms with Gasteiger partial charge in [0.1, 0.15) is 6.10 Å². The van der Waals surface area contributed by atoms with Crippen LogP contribution < -0.4 is 11.1 Å². The van der Waals surface area contributed by atoms with Crippen LogP contribution >= 0.6 is 0 Å². The molecule has 0 aromatic carbocycles. The summed E-state index contributed by atoms with van der Waals surface area (Å²) in [7, 11) is 0. The molecule has 52 valence electrons. The van der Waals surface area contributed by atoms with Crippen molar-refractivity contribution in [2.24, 2.45) is 5.73 Å². The second-order valence-electron chi connectivity index (χ2n) is 2.43. The zero-order valence-corrected chi connectivity index (χ0v) is 5.47. The van der Waals surface area contributed by atoms with E-state index < -0.39 is 0 Å². The molecule has 1 fully saturated rings. The van der Waals surface area contributed by atoms with Crippen LogP contribution in [0.15, 0.2) is 0 Å². The highest BCUT2D eigenvalue weighted by Gasteiger charge is 2.17. The highest BCUT2D eigenvalue weighted by Crippen LogP contribution is 2.19. The first kappa shape index (κ1) is 6.39. The van der Waals surface area contributed by atoms with E-state index in [1.807, 2.05) is 0 Å². The number of ether oxygens (including phenoxy) is 1. The first-order valence-corrected chi connectivity index (χ1v) is 3.33. The van der Waals surface area contributed by atoms with E-state index in [0.29, 0.717) is 6.10 Å². The van der Waals surface area contributed by atoms with Crippen LogP contribution in [0, 0.1) is 0 Å². The molecular formula is C6H13N2O+. The molecule has 0 heterocycles. The van der Waals surface area contributed by atoms with Crippen LogP contribution in [-0.4, -0.2) is 12.1 Å². The zero-order chi connectivity index (χ0) is 6.69. The van der Waals surface area contributed by atoms with Crippen LogP contribution in [0.5, 0.6) is 0 Å². The fourth-order valence-electron chi connectivity index (χ4n) is 1.20. The fourth-order valence-corrected chi connectivity index (χ4v) is 1.20. The first-order chi connectivity index (χ1) is 4.29. The van der Waals surface area contributed by atoms with Crippen LogP contribution in [0.25, 0.3) is 0 Å². The zero-order valence-electron chi connectivity index (χ0n) is 5.47. The molecule has 0 aromatic heterocycles. The van der Waals surface area contributed by atoms with Crippen LogP contribution in [0.2, 0.25) is 0 Å². The Bertz CT molecular complexity index is 108. The monoisotopic (exact) mass is 129 g/mol. The first-order valence-electron chi connectivity index (χ1n) is 3.33. The predicted octanol–water partition coefficient (Wildman–Crippen LogP) is -0.981. The lowest BCUT2D eigenvalue weighted by Crippen LogP contribution is -2.48. The third-order valence-corrected chi connectivity index (χ3v) is 1.60. The molecule has 1 aliphatic carbocycles. The van der Waals surface area contributed by atoms with Crippen molar-refractivity contribution in [3.05, 3.63) is 0 Å². The van der Waals surface area contributed by atoms with E-state index in [4.69, 9.17) is 15.9 Å². The van der Waals surface area contributed by atoms with Crippen molar-refractivity contribution in [1.29, 1.82) is 0 Å². The summed E-state index contributed by atoms with van der Waals surface area (Å²) in [4.78, 5) is 0. The SMILES string of the molecule is NC(=[NH2+])OC1CCCC1. The van der Waals surface area contributed by atoms with E-state index in [1.54, 1.807) is 0 Å². The van der Waals surface area contributed by atoms with Crippen molar-refractivity contribution in [3.63, 3.8) is 0 Å². The van der Waals surface area contributed by atoms with Crippen molar-refractivity contribution in [2.45, 2.75) is 31.8 Å². The Morgan fingerprint density at radius 3 is 2.44 bits per heavy atom. The Morgan fingerprint density at radius 2 is 2.00 bits per heavy atom. The Labute approximate surface area is 54.7 Å². The minimum atomic E-state index is 0.113. The Kier molecular flexibility index (Phi) is 1.92. The molecule has 0 aliphatic heterocycles. The van der Waals surface area contributed by atoms with Crippen LogP contribution in [0.3, 0.4) is 0 Å². The van der Waals surface area contributed by atoms with Gasteiger partial charge in [-0.2, -0.15) is 0 Å². The summed E-state index contributed by atoms with van der Waals surface area (Å²) >= 11 is 0. The molecule has 1 saturated carbocycles. The lowest BCUT2D eigenvalue weighted by atomic mass is 10.3. The number of nitrogens with two attached hydrogens (primary N) is 2. The quantitative estimate of drug-likeness (QED) is 0.353. The number of hydrogen-bond acceptors (Lipinski definition) is 1. The number of rotatable bonds is 1. The van der Waals surface area contributed by atoms with Crippen LogP contribution in [0.1, 0.15) is 25.7 Å². The molecule has 0 saturated heterocycles. The molecule has 0 aromatic rings. The van der Waals surface area contributed by atoms with Gasteiger partial charge in [0.15, 0.2) is 0 Å². The van der Waals surface area contributed by atoms with Crippen LogP contribution in [-0.2, 0) is 4.74 Å². The van der Waals surface area contributed by atoms with Gasteiger partial charge in [-0.05, 0) is 25.7 Å². The van der Waals surface area contributed by atoms with Crippen molar-refractivity contribution in [1.82, 2.24) is 0 Å². The summed E-state index contributed by atoms with van der Waals surface area (Å²) in [6, 6.07) is 0.113. The molecule has 4 N–H and O–H groups in total. The second-order valence-corrected chi connectivity index (χ2v) is 2.43. The smallest absolute Gasteiger partial charge is 0.429 e. The summed E-state index contributed by atoms with van der Waals surface area (Å²) < 4.78 is 5.08. The molecule has 0 amide bonds. The minimum absolute atomic E-state index is 0.113. The van der Waals surface area contributed by atoms with Gasteiger partial charge < -0.3 is 4.74 Å². The molecule has 3 heteroatoms. The van der Waals surface area contributed by atoms with Gasteiger partial charge in [-0.3, -0.25) is 11.1 Å². The summed E-state index contributed by atoms with van der Waals surface area (Å²) in [6.07, 6.45) is 5.01. The summed E-state index contributed by atoms with van der Waals surface area (Å²) in [6.45, 7) is 0. The molecule has 1 rings (SSSR count). The molecule has 0 bridgehead atoms. The van der Waals surface area contributed by atoms with Crippen molar-refractivity contribution < 1.29 is 10.1 Å². The third-order valence-electron chi connectivity index (χ3n) is 1.60. The van der Waals surface area contributed by atoms with Crippen molar-refractivity contribution >= 4 is 6.02 Å². The maximum absolute atomic E-state index is 5.14. The number of hydrogen-bond donors (Lipinski definition) is 2. The van der Waals surface area contributed by atoms with Crippen molar-refractivity contribution in [2.75, 3.05) is 0 Å². The normalized spacial score (nSPS) is 20.0. The summed E-state index contributed by atoms with van der Waals surface area (Å²) in [5, 5.41) is 5.14. The van der Waals surface area contributed by atoms with Gasteiger partial charge in [0, 0.05) is 0 Å². The maximum atomic E-state index is 5.14. The molecule has 0 unspecified atom stereocenters. The van der Waals surface area contributed by atoms with E-state index in [2.05, 4.69) is 0 Å². The van der Waals surface area contributed by atoms with Crippen molar-refractivity contribution in [3.8, 4) is 0 Å². The third kappa shape index (κ3) is 1.91. The molecule has 3 nitrogen and oxygen atoms in total. The molecule has 1 aliphatic rings.